The van der Waals surface area contributed by atoms with Crippen molar-refractivity contribution in [3.63, 3.8) is 0 Å². The van der Waals surface area contributed by atoms with Crippen LogP contribution in [-0.4, -0.2) is 20.0 Å². The first-order valence-corrected chi connectivity index (χ1v) is 7.86. The minimum Gasteiger partial charge on any atom is -0.495 e. The summed E-state index contributed by atoms with van der Waals surface area (Å²) in [5.74, 6) is 0.245. The zero-order valence-corrected chi connectivity index (χ0v) is 14.3. The summed E-state index contributed by atoms with van der Waals surface area (Å²) in [5, 5.41) is 7.03. The zero-order valence-electron chi connectivity index (χ0n) is 13.5. The Morgan fingerprint density at radius 2 is 1.88 bits per heavy atom. The summed E-state index contributed by atoms with van der Waals surface area (Å²) in [6.07, 6.45) is 1.92. The summed E-state index contributed by atoms with van der Waals surface area (Å²) in [7, 11) is 3.29. The molecular formula is C18H19ClN4O. The molecule has 0 fully saturated rings. The summed E-state index contributed by atoms with van der Waals surface area (Å²) in [6, 6.07) is 15.4. The van der Waals surface area contributed by atoms with Crippen LogP contribution in [0.5, 0.6) is 5.75 Å². The maximum Gasteiger partial charge on any atom is 0.190 e. The third-order valence-corrected chi connectivity index (χ3v) is 4.17. The van der Waals surface area contributed by atoms with Crippen LogP contribution in [0.25, 0.3) is 5.70 Å². The van der Waals surface area contributed by atoms with Gasteiger partial charge in [0.05, 0.1) is 12.1 Å². The minimum absolute atomic E-state index is 0.495. The van der Waals surface area contributed by atoms with E-state index in [0.29, 0.717) is 16.6 Å². The van der Waals surface area contributed by atoms with Gasteiger partial charge in [-0.1, -0.05) is 41.9 Å². The fraction of sp³-hybridized carbons (Fsp3) is 0.167. The fourth-order valence-electron chi connectivity index (χ4n) is 2.60. The SMILES string of the molecule is CN=C1C=C(c2ccccc2)NC(N)(c2ccc(OC)c(Cl)c2)N1. The second-order valence-electron chi connectivity index (χ2n) is 5.44. The number of nitrogens with zero attached hydrogens (tertiary/aromatic N) is 1. The Kier molecular flexibility index (Phi) is 4.46. The molecule has 1 atom stereocenters. The summed E-state index contributed by atoms with van der Waals surface area (Å²) in [6.45, 7) is 0. The molecule has 0 radical (unpaired) electrons. The van der Waals surface area contributed by atoms with Crippen molar-refractivity contribution in [2.24, 2.45) is 10.7 Å². The van der Waals surface area contributed by atoms with Gasteiger partial charge < -0.3 is 15.4 Å². The Hall–Kier alpha value is -2.50. The molecule has 0 bridgehead atoms. The quantitative estimate of drug-likeness (QED) is 0.802. The van der Waals surface area contributed by atoms with Gasteiger partial charge in [0, 0.05) is 24.4 Å². The molecule has 2 aromatic rings. The highest BCUT2D eigenvalue weighted by atomic mass is 35.5. The molecule has 3 rings (SSSR count). The molecule has 2 aromatic carbocycles. The van der Waals surface area contributed by atoms with Crippen molar-refractivity contribution in [2.45, 2.75) is 5.79 Å². The lowest BCUT2D eigenvalue weighted by Crippen LogP contribution is -2.64. The number of benzene rings is 2. The number of amidine groups is 1. The highest BCUT2D eigenvalue weighted by Crippen LogP contribution is 2.30. The first-order chi connectivity index (χ1) is 11.6. The van der Waals surface area contributed by atoms with E-state index in [1.165, 1.54) is 0 Å². The Balaban J connectivity index is 2.02. The lowest BCUT2D eigenvalue weighted by Gasteiger charge is -2.38. The molecule has 24 heavy (non-hydrogen) atoms. The van der Waals surface area contributed by atoms with Crippen LogP contribution in [0.3, 0.4) is 0 Å². The molecule has 4 N–H and O–H groups in total. The van der Waals surface area contributed by atoms with Crippen molar-refractivity contribution in [3.8, 4) is 5.75 Å². The summed E-state index contributed by atoms with van der Waals surface area (Å²) in [5.41, 5.74) is 9.27. The normalized spacial score (nSPS) is 21.7. The number of ether oxygens (including phenoxy) is 1. The number of hydrogen-bond acceptors (Lipinski definition) is 4. The average molecular weight is 343 g/mol. The van der Waals surface area contributed by atoms with E-state index in [4.69, 9.17) is 22.1 Å². The van der Waals surface area contributed by atoms with Crippen LogP contribution in [0.1, 0.15) is 11.1 Å². The molecule has 0 spiro atoms. The standard InChI is InChI=1S/C18H19ClN4O/c1-21-17-11-15(12-6-4-3-5-7-12)22-18(20,23-17)13-8-9-16(24-2)14(19)10-13/h3-11,22H,20H2,1-2H3,(H,21,23). The van der Waals surface area contributed by atoms with E-state index in [9.17, 15) is 0 Å². The van der Waals surface area contributed by atoms with Gasteiger partial charge in [-0.05, 0) is 23.8 Å². The third-order valence-electron chi connectivity index (χ3n) is 3.87. The van der Waals surface area contributed by atoms with Crippen LogP contribution in [-0.2, 0) is 5.79 Å². The van der Waals surface area contributed by atoms with Crippen LogP contribution in [0.15, 0.2) is 59.6 Å². The van der Waals surface area contributed by atoms with E-state index < -0.39 is 5.79 Å². The lowest BCUT2D eigenvalue weighted by atomic mass is 10.0. The number of methoxy groups -OCH3 is 1. The van der Waals surface area contributed by atoms with Crippen molar-refractivity contribution < 1.29 is 4.74 Å². The molecule has 1 heterocycles. The largest absolute Gasteiger partial charge is 0.495 e. The fourth-order valence-corrected chi connectivity index (χ4v) is 2.86. The van der Waals surface area contributed by atoms with Crippen LogP contribution < -0.4 is 21.1 Å². The number of rotatable bonds is 3. The molecule has 5 nitrogen and oxygen atoms in total. The van der Waals surface area contributed by atoms with Crippen molar-refractivity contribution in [1.82, 2.24) is 10.6 Å². The van der Waals surface area contributed by atoms with Gasteiger partial charge in [0.1, 0.15) is 11.6 Å². The number of hydrogen-bond donors (Lipinski definition) is 3. The molecule has 1 unspecified atom stereocenters. The van der Waals surface area contributed by atoms with Gasteiger partial charge in [-0.2, -0.15) is 0 Å². The monoisotopic (exact) mass is 342 g/mol. The van der Waals surface area contributed by atoms with Gasteiger partial charge in [0.25, 0.3) is 0 Å². The predicted octanol–water partition coefficient (Wildman–Crippen LogP) is 2.68. The molecule has 1 aliphatic heterocycles. The second kappa shape index (κ2) is 6.55. The molecule has 0 aromatic heterocycles. The number of nitrogens with one attached hydrogen (secondary N) is 2. The van der Waals surface area contributed by atoms with Crippen molar-refractivity contribution in [1.29, 1.82) is 0 Å². The Morgan fingerprint density at radius 3 is 2.50 bits per heavy atom. The van der Waals surface area contributed by atoms with Gasteiger partial charge in [-0.3, -0.25) is 10.7 Å². The molecule has 0 saturated carbocycles. The topological polar surface area (TPSA) is 71.7 Å². The highest BCUT2D eigenvalue weighted by molar-refractivity contribution is 6.32. The smallest absolute Gasteiger partial charge is 0.190 e. The summed E-state index contributed by atoms with van der Waals surface area (Å²) < 4.78 is 5.20. The van der Waals surface area contributed by atoms with E-state index in [1.54, 1.807) is 26.3 Å². The van der Waals surface area contributed by atoms with E-state index >= 15 is 0 Å². The maximum atomic E-state index is 6.59. The van der Waals surface area contributed by atoms with Crippen molar-refractivity contribution >= 4 is 23.1 Å². The first kappa shape index (κ1) is 16.4. The number of nitrogens with two attached hydrogens (primary N) is 1. The molecule has 0 aliphatic carbocycles. The second-order valence-corrected chi connectivity index (χ2v) is 5.85. The first-order valence-electron chi connectivity index (χ1n) is 7.49. The Morgan fingerprint density at radius 1 is 1.12 bits per heavy atom. The van der Waals surface area contributed by atoms with Gasteiger partial charge in [-0.25, -0.2) is 0 Å². The molecule has 1 aliphatic rings. The molecule has 124 valence electrons. The molecule has 0 saturated heterocycles. The van der Waals surface area contributed by atoms with Gasteiger partial charge >= 0.3 is 0 Å². The van der Waals surface area contributed by atoms with E-state index in [0.717, 1.165) is 16.8 Å². The van der Waals surface area contributed by atoms with Gasteiger partial charge in [0.2, 0.25) is 0 Å². The molecule has 0 amide bonds. The zero-order chi connectivity index (χ0) is 17.2. The maximum absolute atomic E-state index is 6.59. The van der Waals surface area contributed by atoms with Crippen molar-refractivity contribution in [2.75, 3.05) is 14.2 Å². The lowest BCUT2D eigenvalue weighted by molar-refractivity contribution is 0.361. The van der Waals surface area contributed by atoms with Gasteiger partial charge in [-0.15, -0.1) is 0 Å². The molecule has 6 heteroatoms. The third kappa shape index (κ3) is 3.09. The van der Waals surface area contributed by atoms with Crippen LogP contribution in [0, 0.1) is 0 Å². The van der Waals surface area contributed by atoms with Crippen LogP contribution in [0.4, 0.5) is 0 Å². The van der Waals surface area contributed by atoms with E-state index in [1.807, 2.05) is 42.5 Å². The van der Waals surface area contributed by atoms with Crippen LogP contribution in [0.2, 0.25) is 5.02 Å². The summed E-state index contributed by atoms with van der Waals surface area (Å²) in [4.78, 5) is 4.25. The predicted molar refractivity (Wildman–Crippen MR) is 97.9 cm³/mol. The Labute approximate surface area is 146 Å². The number of halogens is 1. The summed E-state index contributed by atoms with van der Waals surface area (Å²) >= 11 is 6.25. The Bertz CT molecular complexity index is 804. The van der Waals surface area contributed by atoms with Crippen LogP contribution >= 0.6 is 11.6 Å². The average Bonchev–Trinajstić information content (AvgIpc) is 2.62. The minimum atomic E-state index is -1.04. The van der Waals surface area contributed by atoms with E-state index in [-0.39, 0.29) is 0 Å². The van der Waals surface area contributed by atoms with Gasteiger partial charge in [0.15, 0.2) is 5.79 Å². The highest BCUT2D eigenvalue weighted by Gasteiger charge is 2.33. The van der Waals surface area contributed by atoms with E-state index in [2.05, 4.69) is 15.6 Å². The molecular weight excluding hydrogens is 324 g/mol. The number of aliphatic imine (C=N–C) groups is 1. The van der Waals surface area contributed by atoms with Crippen molar-refractivity contribution in [3.05, 3.63) is 70.8 Å².